The number of sulfonamides is 1. The Morgan fingerprint density at radius 2 is 1.76 bits per heavy atom. The number of ether oxygens (including phenoxy) is 1. The van der Waals surface area contributed by atoms with Crippen molar-refractivity contribution in [3.63, 3.8) is 0 Å². The van der Waals surface area contributed by atoms with Gasteiger partial charge in [0.2, 0.25) is 10.0 Å². The zero-order valence-electron chi connectivity index (χ0n) is 13.5. The lowest BCUT2D eigenvalue weighted by molar-refractivity contribution is 0.157. The van der Waals surface area contributed by atoms with Crippen molar-refractivity contribution < 1.29 is 13.2 Å². The molecule has 6 heteroatoms. The predicted molar refractivity (Wildman–Crippen MR) is 86.1 cm³/mol. The van der Waals surface area contributed by atoms with E-state index < -0.39 is 10.0 Å². The fourth-order valence-corrected chi connectivity index (χ4v) is 2.67. The Balaban J connectivity index is 2.68. The lowest BCUT2D eigenvalue weighted by Crippen LogP contribution is -2.25. The van der Waals surface area contributed by atoms with Crippen LogP contribution in [0.25, 0.3) is 0 Å². The van der Waals surface area contributed by atoms with Gasteiger partial charge in [-0.3, -0.25) is 0 Å². The minimum atomic E-state index is -3.36. The maximum absolute atomic E-state index is 12.0. The molecule has 0 aliphatic heterocycles. The molecule has 0 saturated heterocycles. The van der Waals surface area contributed by atoms with Crippen molar-refractivity contribution in [1.29, 1.82) is 0 Å². The van der Waals surface area contributed by atoms with Gasteiger partial charge in [-0.15, -0.1) is 0 Å². The van der Waals surface area contributed by atoms with Gasteiger partial charge in [0.1, 0.15) is 0 Å². The number of hydrogen-bond donors (Lipinski definition) is 1. The molecule has 0 spiro atoms. The van der Waals surface area contributed by atoms with E-state index in [4.69, 9.17) is 4.74 Å². The van der Waals surface area contributed by atoms with Crippen molar-refractivity contribution in [3.8, 4) is 0 Å². The Morgan fingerprint density at radius 3 is 2.24 bits per heavy atom. The van der Waals surface area contributed by atoms with Crippen LogP contribution >= 0.6 is 0 Å². The number of methoxy groups -OCH3 is 1. The van der Waals surface area contributed by atoms with Gasteiger partial charge in [0, 0.05) is 40.0 Å². The van der Waals surface area contributed by atoms with Crippen LogP contribution in [0.3, 0.4) is 0 Å². The number of hydrogen-bond acceptors (Lipinski definition) is 4. The molecule has 120 valence electrons. The molecular formula is C15H26N2O3S. The summed E-state index contributed by atoms with van der Waals surface area (Å²) in [6.07, 6.45) is 0.962. The summed E-state index contributed by atoms with van der Waals surface area (Å²) in [6, 6.07) is 6.84. The highest BCUT2D eigenvalue weighted by Crippen LogP contribution is 2.22. The maximum atomic E-state index is 12.0. The van der Waals surface area contributed by atoms with Crippen LogP contribution in [0.2, 0.25) is 0 Å². The van der Waals surface area contributed by atoms with Crippen molar-refractivity contribution in [2.24, 2.45) is 5.41 Å². The summed E-state index contributed by atoms with van der Waals surface area (Å²) in [6.45, 7) is 5.87. The summed E-state index contributed by atoms with van der Waals surface area (Å²) in [5.74, 6) is 0. The van der Waals surface area contributed by atoms with Gasteiger partial charge in [0.05, 0.1) is 4.90 Å². The lowest BCUT2D eigenvalue weighted by atomic mass is 9.89. The largest absolute Gasteiger partial charge is 0.385 e. The van der Waals surface area contributed by atoms with E-state index in [1.165, 1.54) is 18.4 Å². The molecule has 0 bridgehead atoms. The molecule has 0 aliphatic carbocycles. The summed E-state index contributed by atoms with van der Waals surface area (Å²) >= 11 is 0. The molecule has 0 aliphatic rings. The topological polar surface area (TPSA) is 58.6 Å². The fourth-order valence-electron chi connectivity index (χ4n) is 1.76. The molecule has 0 heterocycles. The van der Waals surface area contributed by atoms with Crippen molar-refractivity contribution in [3.05, 3.63) is 24.3 Å². The van der Waals surface area contributed by atoms with E-state index in [9.17, 15) is 8.42 Å². The van der Waals surface area contributed by atoms with Crippen LogP contribution < -0.4 is 5.32 Å². The van der Waals surface area contributed by atoms with Crippen LogP contribution in [0.5, 0.6) is 0 Å². The van der Waals surface area contributed by atoms with Gasteiger partial charge >= 0.3 is 0 Å². The van der Waals surface area contributed by atoms with Crippen LogP contribution in [0, 0.1) is 5.41 Å². The highest BCUT2D eigenvalue weighted by atomic mass is 32.2. The van der Waals surface area contributed by atoms with Crippen LogP contribution in [-0.2, 0) is 14.8 Å². The van der Waals surface area contributed by atoms with E-state index >= 15 is 0 Å². The van der Waals surface area contributed by atoms with Gasteiger partial charge in [0.25, 0.3) is 0 Å². The van der Waals surface area contributed by atoms with Gasteiger partial charge in [-0.2, -0.15) is 0 Å². The summed E-state index contributed by atoms with van der Waals surface area (Å²) in [7, 11) is 1.40. The van der Waals surface area contributed by atoms with E-state index in [0.717, 1.165) is 25.3 Å². The second kappa shape index (κ2) is 7.24. The second-order valence-corrected chi connectivity index (χ2v) is 8.22. The van der Waals surface area contributed by atoms with Crippen LogP contribution in [0.1, 0.15) is 20.3 Å². The monoisotopic (exact) mass is 314 g/mol. The fraction of sp³-hybridized carbons (Fsp3) is 0.600. The quantitative estimate of drug-likeness (QED) is 0.800. The third-order valence-electron chi connectivity index (χ3n) is 3.39. The molecule has 1 rings (SSSR count). The van der Waals surface area contributed by atoms with Gasteiger partial charge in [0.15, 0.2) is 0 Å². The Hall–Kier alpha value is -1.11. The molecular weight excluding hydrogens is 288 g/mol. The molecule has 0 amide bonds. The Morgan fingerprint density at radius 1 is 1.19 bits per heavy atom. The SMILES string of the molecule is COCCC(C)(C)CNc1ccc(S(=O)(=O)N(C)C)cc1. The van der Waals surface area contributed by atoms with Crippen LogP contribution in [-0.4, -0.2) is 47.1 Å². The van der Waals surface area contributed by atoms with E-state index in [0.29, 0.717) is 4.90 Å². The Bertz CT molecular complexity index is 537. The minimum absolute atomic E-state index is 0.115. The molecule has 21 heavy (non-hydrogen) atoms. The normalized spacial score (nSPS) is 12.7. The highest BCUT2D eigenvalue weighted by molar-refractivity contribution is 7.89. The number of benzene rings is 1. The number of nitrogens with zero attached hydrogens (tertiary/aromatic N) is 1. The molecule has 0 aromatic heterocycles. The van der Waals surface area contributed by atoms with Crippen molar-refractivity contribution in [1.82, 2.24) is 4.31 Å². The van der Waals surface area contributed by atoms with Crippen molar-refractivity contribution in [2.45, 2.75) is 25.2 Å². The summed E-state index contributed by atoms with van der Waals surface area (Å²) in [5.41, 5.74) is 1.03. The molecule has 0 radical (unpaired) electrons. The average molecular weight is 314 g/mol. The first kappa shape index (κ1) is 17.9. The van der Waals surface area contributed by atoms with Gasteiger partial charge in [-0.1, -0.05) is 13.8 Å². The van der Waals surface area contributed by atoms with Crippen LogP contribution in [0.4, 0.5) is 5.69 Å². The van der Waals surface area contributed by atoms with Crippen LogP contribution in [0.15, 0.2) is 29.2 Å². The van der Waals surface area contributed by atoms with E-state index in [2.05, 4.69) is 19.2 Å². The molecule has 0 fully saturated rings. The smallest absolute Gasteiger partial charge is 0.242 e. The lowest BCUT2D eigenvalue weighted by Gasteiger charge is -2.25. The first-order valence-corrected chi connectivity index (χ1v) is 8.38. The molecule has 5 nitrogen and oxygen atoms in total. The molecule has 1 aromatic carbocycles. The van der Waals surface area contributed by atoms with E-state index in [1.807, 2.05) is 0 Å². The van der Waals surface area contributed by atoms with Crippen molar-refractivity contribution >= 4 is 15.7 Å². The third-order valence-corrected chi connectivity index (χ3v) is 5.22. The molecule has 0 saturated carbocycles. The average Bonchev–Trinajstić information content (AvgIpc) is 2.43. The van der Waals surface area contributed by atoms with Gasteiger partial charge in [-0.25, -0.2) is 12.7 Å². The Labute approximate surface area is 128 Å². The number of anilines is 1. The molecule has 1 N–H and O–H groups in total. The number of rotatable bonds is 8. The zero-order chi connectivity index (χ0) is 16.1. The summed E-state index contributed by atoms with van der Waals surface area (Å²) in [4.78, 5) is 0.302. The first-order valence-electron chi connectivity index (χ1n) is 6.94. The molecule has 0 atom stereocenters. The molecule has 0 unspecified atom stereocenters. The van der Waals surface area contributed by atoms with E-state index in [-0.39, 0.29) is 5.41 Å². The second-order valence-electron chi connectivity index (χ2n) is 6.07. The van der Waals surface area contributed by atoms with Gasteiger partial charge in [-0.05, 0) is 36.1 Å². The number of nitrogens with one attached hydrogen (secondary N) is 1. The zero-order valence-corrected chi connectivity index (χ0v) is 14.3. The van der Waals surface area contributed by atoms with Crippen molar-refractivity contribution in [2.75, 3.05) is 39.7 Å². The molecule has 1 aromatic rings. The third kappa shape index (κ3) is 5.30. The maximum Gasteiger partial charge on any atom is 0.242 e. The van der Waals surface area contributed by atoms with E-state index in [1.54, 1.807) is 31.4 Å². The van der Waals surface area contributed by atoms with Gasteiger partial charge < -0.3 is 10.1 Å². The Kier molecular flexibility index (Phi) is 6.19. The summed E-state index contributed by atoms with van der Waals surface area (Å²) in [5, 5.41) is 3.34. The standard InChI is InChI=1S/C15H26N2O3S/c1-15(2,10-11-20-5)12-16-13-6-8-14(9-7-13)21(18,19)17(3)4/h6-9,16H,10-12H2,1-5H3. The summed E-state index contributed by atoms with van der Waals surface area (Å²) < 4.78 is 30.3. The highest BCUT2D eigenvalue weighted by Gasteiger charge is 2.18. The minimum Gasteiger partial charge on any atom is -0.385 e. The predicted octanol–water partition coefficient (Wildman–Crippen LogP) is 2.41. The first-order chi connectivity index (χ1) is 9.69.